The van der Waals surface area contributed by atoms with E-state index < -0.39 is 5.91 Å². The van der Waals surface area contributed by atoms with E-state index in [0.717, 1.165) is 20.6 Å². The van der Waals surface area contributed by atoms with Crippen molar-refractivity contribution in [2.75, 3.05) is 10.6 Å². The van der Waals surface area contributed by atoms with Crippen LogP contribution in [0.3, 0.4) is 0 Å². The van der Waals surface area contributed by atoms with Gasteiger partial charge in [0.25, 0.3) is 11.8 Å². The summed E-state index contributed by atoms with van der Waals surface area (Å²) in [6, 6.07) is 31.4. The molecule has 0 aromatic heterocycles. The summed E-state index contributed by atoms with van der Waals surface area (Å²) in [5, 5.41) is 8.35. The molecule has 0 radical (unpaired) electrons. The highest BCUT2D eigenvalue weighted by Gasteiger charge is 2.19. The molecule has 3 amide bonds. The standard InChI is InChI=1S/C35H34BrN3O3S/c1-4-32(35(42)37-28-19-15-25(16-20-28)23(2)3)43-30-12-8-11-29(22-30)38-34(41)31(21-24-13-17-27(36)18-14-24)39-33(40)26-9-6-5-7-10-26/h5-23,32H,4H2,1-3H3,(H,37,42)(H,38,41)(H,39,40)/b31-21-. The molecule has 0 aliphatic heterocycles. The first-order chi connectivity index (χ1) is 20.7. The minimum Gasteiger partial charge on any atom is -0.325 e. The summed E-state index contributed by atoms with van der Waals surface area (Å²) in [5.41, 5.74) is 3.82. The Morgan fingerprint density at radius 1 is 0.814 bits per heavy atom. The van der Waals surface area contributed by atoms with Crippen LogP contribution in [0.25, 0.3) is 6.08 Å². The lowest BCUT2D eigenvalue weighted by atomic mass is 10.0. The van der Waals surface area contributed by atoms with Gasteiger partial charge in [-0.15, -0.1) is 11.8 Å². The minimum absolute atomic E-state index is 0.0809. The summed E-state index contributed by atoms with van der Waals surface area (Å²) >= 11 is 4.85. The summed E-state index contributed by atoms with van der Waals surface area (Å²) in [6.07, 6.45) is 2.26. The molecule has 6 nitrogen and oxygen atoms in total. The van der Waals surface area contributed by atoms with Gasteiger partial charge in [-0.05, 0) is 84.1 Å². The molecule has 0 saturated heterocycles. The molecule has 1 unspecified atom stereocenters. The Labute approximate surface area is 265 Å². The van der Waals surface area contributed by atoms with Crippen molar-refractivity contribution in [2.24, 2.45) is 0 Å². The normalized spacial score (nSPS) is 12.0. The third-order valence-corrected chi connectivity index (χ3v) is 8.47. The van der Waals surface area contributed by atoms with Gasteiger partial charge in [-0.3, -0.25) is 14.4 Å². The molecular formula is C35H34BrN3O3S. The zero-order valence-electron chi connectivity index (χ0n) is 24.3. The summed E-state index contributed by atoms with van der Waals surface area (Å²) in [4.78, 5) is 40.3. The van der Waals surface area contributed by atoms with E-state index in [-0.39, 0.29) is 22.8 Å². The Hall–Kier alpha value is -4.14. The van der Waals surface area contributed by atoms with Crippen LogP contribution in [-0.2, 0) is 9.59 Å². The van der Waals surface area contributed by atoms with Crippen molar-refractivity contribution in [3.63, 3.8) is 0 Å². The lowest BCUT2D eigenvalue weighted by Gasteiger charge is -2.16. The van der Waals surface area contributed by atoms with Crippen LogP contribution in [0.15, 0.2) is 118 Å². The van der Waals surface area contributed by atoms with Crippen LogP contribution in [0.4, 0.5) is 11.4 Å². The molecule has 8 heteroatoms. The Bertz CT molecular complexity index is 1590. The number of rotatable bonds is 11. The highest BCUT2D eigenvalue weighted by molar-refractivity contribution is 9.10. The van der Waals surface area contributed by atoms with E-state index >= 15 is 0 Å². The van der Waals surface area contributed by atoms with Crippen LogP contribution in [0.5, 0.6) is 0 Å². The number of nitrogens with one attached hydrogen (secondary N) is 3. The molecule has 0 saturated carbocycles. The fourth-order valence-electron chi connectivity index (χ4n) is 4.17. The number of hydrogen-bond acceptors (Lipinski definition) is 4. The van der Waals surface area contributed by atoms with Gasteiger partial charge in [0.05, 0.1) is 5.25 Å². The molecule has 0 spiro atoms. The van der Waals surface area contributed by atoms with E-state index in [1.807, 2.05) is 79.7 Å². The van der Waals surface area contributed by atoms with Crippen molar-refractivity contribution in [2.45, 2.75) is 43.3 Å². The molecular weight excluding hydrogens is 622 g/mol. The van der Waals surface area contributed by atoms with Crippen LogP contribution in [0.2, 0.25) is 0 Å². The molecule has 1 atom stereocenters. The zero-order valence-corrected chi connectivity index (χ0v) is 26.7. The molecule has 0 heterocycles. The van der Waals surface area contributed by atoms with Crippen molar-refractivity contribution >= 4 is 62.9 Å². The Morgan fingerprint density at radius 3 is 2.16 bits per heavy atom. The lowest BCUT2D eigenvalue weighted by Crippen LogP contribution is -2.30. The quantitative estimate of drug-likeness (QED) is 0.112. The van der Waals surface area contributed by atoms with E-state index in [0.29, 0.717) is 23.6 Å². The van der Waals surface area contributed by atoms with E-state index in [1.165, 1.54) is 17.3 Å². The zero-order chi connectivity index (χ0) is 30.8. The first kappa shape index (κ1) is 31.8. The maximum Gasteiger partial charge on any atom is 0.272 e. The van der Waals surface area contributed by atoms with Crippen molar-refractivity contribution in [3.05, 3.63) is 130 Å². The van der Waals surface area contributed by atoms with Gasteiger partial charge in [-0.25, -0.2) is 0 Å². The largest absolute Gasteiger partial charge is 0.325 e. The molecule has 4 rings (SSSR count). The minimum atomic E-state index is -0.469. The summed E-state index contributed by atoms with van der Waals surface area (Å²) in [5.74, 6) is -0.519. The maximum absolute atomic E-state index is 13.4. The molecule has 0 fully saturated rings. The van der Waals surface area contributed by atoms with Gasteiger partial charge >= 0.3 is 0 Å². The third kappa shape index (κ3) is 9.43. The highest BCUT2D eigenvalue weighted by atomic mass is 79.9. The molecule has 0 bridgehead atoms. The Morgan fingerprint density at radius 2 is 1.51 bits per heavy atom. The molecule has 4 aromatic carbocycles. The first-order valence-electron chi connectivity index (χ1n) is 14.0. The van der Waals surface area contributed by atoms with Crippen molar-refractivity contribution in [1.29, 1.82) is 0 Å². The number of hydrogen-bond donors (Lipinski definition) is 3. The average Bonchev–Trinajstić information content (AvgIpc) is 3.01. The van der Waals surface area contributed by atoms with Gasteiger partial charge in [-0.1, -0.05) is 85.2 Å². The molecule has 4 aromatic rings. The van der Waals surface area contributed by atoms with Gasteiger partial charge in [0.15, 0.2) is 0 Å². The Kier molecular flexibility index (Phi) is 11.4. The number of anilines is 2. The summed E-state index contributed by atoms with van der Waals surface area (Å²) in [6.45, 7) is 6.24. The average molecular weight is 657 g/mol. The second-order valence-corrected chi connectivity index (χ2v) is 12.4. The van der Waals surface area contributed by atoms with Crippen LogP contribution >= 0.6 is 27.7 Å². The van der Waals surface area contributed by atoms with Crippen LogP contribution < -0.4 is 16.0 Å². The van der Waals surface area contributed by atoms with Gasteiger partial charge in [0, 0.05) is 26.3 Å². The van der Waals surface area contributed by atoms with Crippen LogP contribution in [0, 0.1) is 0 Å². The van der Waals surface area contributed by atoms with Gasteiger partial charge in [-0.2, -0.15) is 0 Å². The third-order valence-electron chi connectivity index (χ3n) is 6.59. The van der Waals surface area contributed by atoms with Crippen LogP contribution in [0.1, 0.15) is 54.6 Å². The second-order valence-electron chi connectivity index (χ2n) is 10.2. The Balaban J connectivity index is 1.47. The molecule has 3 N–H and O–H groups in total. The monoisotopic (exact) mass is 655 g/mol. The molecule has 0 aliphatic carbocycles. The maximum atomic E-state index is 13.4. The van der Waals surface area contributed by atoms with E-state index in [4.69, 9.17) is 0 Å². The van der Waals surface area contributed by atoms with Crippen LogP contribution in [-0.4, -0.2) is 23.0 Å². The predicted molar refractivity (Wildman–Crippen MR) is 180 cm³/mol. The second kappa shape index (κ2) is 15.4. The summed E-state index contributed by atoms with van der Waals surface area (Å²) in [7, 11) is 0. The number of carbonyl (C=O) groups excluding carboxylic acids is 3. The van der Waals surface area contributed by atoms with E-state index in [1.54, 1.807) is 36.4 Å². The fourth-order valence-corrected chi connectivity index (χ4v) is 5.45. The number of thioether (sulfide) groups is 1. The van der Waals surface area contributed by atoms with Crippen molar-refractivity contribution in [3.8, 4) is 0 Å². The number of amides is 3. The molecule has 220 valence electrons. The van der Waals surface area contributed by atoms with Crippen molar-refractivity contribution < 1.29 is 14.4 Å². The van der Waals surface area contributed by atoms with E-state index in [2.05, 4.69) is 45.7 Å². The van der Waals surface area contributed by atoms with Crippen molar-refractivity contribution in [1.82, 2.24) is 5.32 Å². The van der Waals surface area contributed by atoms with Gasteiger partial charge in [0.2, 0.25) is 5.91 Å². The lowest BCUT2D eigenvalue weighted by molar-refractivity contribution is -0.116. The number of carbonyl (C=O) groups is 3. The fraction of sp³-hybridized carbons (Fsp3) is 0.171. The highest BCUT2D eigenvalue weighted by Crippen LogP contribution is 2.29. The predicted octanol–water partition coefficient (Wildman–Crippen LogP) is 8.49. The van der Waals surface area contributed by atoms with Gasteiger partial charge in [0.1, 0.15) is 5.70 Å². The summed E-state index contributed by atoms with van der Waals surface area (Å²) < 4.78 is 0.904. The number of benzene rings is 4. The van der Waals surface area contributed by atoms with Gasteiger partial charge < -0.3 is 16.0 Å². The molecule has 0 aliphatic rings. The smallest absolute Gasteiger partial charge is 0.272 e. The van der Waals surface area contributed by atoms with E-state index in [9.17, 15) is 14.4 Å². The topological polar surface area (TPSA) is 87.3 Å². The SMILES string of the molecule is CCC(Sc1cccc(NC(=O)/C(=C/c2ccc(Br)cc2)NC(=O)c2ccccc2)c1)C(=O)Nc1ccc(C(C)C)cc1. The molecule has 43 heavy (non-hydrogen) atoms. The first-order valence-corrected chi connectivity index (χ1v) is 15.7. The number of halogens is 1.